The molecule has 3 aromatic rings. The number of phenols is 1. The monoisotopic (exact) mass is 484 g/mol. The van der Waals surface area contributed by atoms with Crippen molar-refractivity contribution < 1.29 is 9.84 Å². The number of hydrogen-bond donors (Lipinski definition) is 2. The number of aromatic hydroxyl groups is 1. The molecule has 142 valence electrons. The van der Waals surface area contributed by atoms with Crippen molar-refractivity contribution in [1.29, 1.82) is 0 Å². The average molecular weight is 484 g/mol. The lowest BCUT2D eigenvalue weighted by Crippen LogP contribution is -2.37. The van der Waals surface area contributed by atoms with Crippen molar-refractivity contribution in [1.82, 2.24) is 18.7 Å². The Morgan fingerprint density at radius 3 is 2.59 bits per heavy atom. The van der Waals surface area contributed by atoms with Gasteiger partial charge in [0.05, 0.1) is 16.9 Å². The Hall–Kier alpha value is -2.83. The number of fused-ring (bicyclic) bond motifs is 1. The van der Waals surface area contributed by atoms with Crippen molar-refractivity contribution in [2.24, 2.45) is 26.2 Å². The Kier molecular flexibility index (Phi) is 4.95. The largest absolute Gasteiger partial charge is 0.504 e. The van der Waals surface area contributed by atoms with E-state index >= 15 is 0 Å². The van der Waals surface area contributed by atoms with Crippen LogP contribution in [0, 0.1) is 3.57 Å². The van der Waals surface area contributed by atoms with E-state index in [0.717, 1.165) is 4.57 Å². The fourth-order valence-corrected chi connectivity index (χ4v) is 3.23. The van der Waals surface area contributed by atoms with Crippen molar-refractivity contribution in [3.63, 3.8) is 0 Å². The van der Waals surface area contributed by atoms with E-state index in [9.17, 15) is 14.7 Å². The third kappa shape index (κ3) is 3.18. The number of hydrazone groups is 1. The van der Waals surface area contributed by atoms with Gasteiger partial charge in [-0.15, -0.1) is 0 Å². The van der Waals surface area contributed by atoms with Gasteiger partial charge < -0.3 is 14.4 Å². The lowest BCUT2D eigenvalue weighted by molar-refractivity contribution is 0.371. The summed E-state index contributed by atoms with van der Waals surface area (Å²) in [6.45, 7) is 0. The van der Waals surface area contributed by atoms with Crippen LogP contribution in [-0.2, 0) is 21.1 Å². The molecule has 2 heterocycles. The number of aryl methyl sites for hydroxylation is 2. The van der Waals surface area contributed by atoms with Gasteiger partial charge in [0, 0.05) is 21.1 Å². The van der Waals surface area contributed by atoms with Crippen molar-refractivity contribution >= 4 is 45.9 Å². The molecule has 3 rings (SSSR count). The van der Waals surface area contributed by atoms with Crippen LogP contribution in [0.1, 0.15) is 5.56 Å². The summed E-state index contributed by atoms with van der Waals surface area (Å²) in [5.74, 6) is 0.708. The molecule has 0 spiro atoms. The molecule has 2 aromatic heterocycles. The number of methoxy groups -OCH3 is 1. The van der Waals surface area contributed by atoms with Crippen LogP contribution in [0.3, 0.4) is 0 Å². The molecular formula is C16H17IN6O4. The molecule has 0 amide bonds. The van der Waals surface area contributed by atoms with Crippen molar-refractivity contribution in [3.8, 4) is 11.5 Å². The number of nitrogens with zero attached hydrogens (tertiary/aromatic N) is 5. The minimum absolute atomic E-state index is 0.0651. The summed E-state index contributed by atoms with van der Waals surface area (Å²) in [7, 11) is 6.09. The molecule has 0 aliphatic rings. The summed E-state index contributed by atoms with van der Waals surface area (Å²) in [4.78, 5) is 28.7. The molecule has 0 aliphatic heterocycles. The van der Waals surface area contributed by atoms with E-state index in [1.807, 2.05) is 22.6 Å². The van der Waals surface area contributed by atoms with E-state index in [1.165, 1.54) is 29.5 Å². The van der Waals surface area contributed by atoms with Crippen LogP contribution in [0.4, 0.5) is 5.95 Å². The Balaban J connectivity index is 1.98. The first-order chi connectivity index (χ1) is 12.8. The van der Waals surface area contributed by atoms with Gasteiger partial charge >= 0.3 is 5.69 Å². The Morgan fingerprint density at radius 1 is 1.22 bits per heavy atom. The van der Waals surface area contributed by atoms with Crippen molar-refractivity contribution in [2.45, 2.75) is 0 Å². The highest BCUT2D eigenvalue weighted by atomic mass is 127. The fraction of sp³-hybridized carbons (Fsp3) is 0.250. The molecule has 10 nitrogen and oxygen atoms in total. The second-order valence-electron chi connectivity index (χ2n) is 5.80. The maximum absolute atomic E-state index is 12.4. The molecule has 0 radical (unpaired) electrons. The number of imidazole rings is 1. The van der Waals surface area contributed by atoms with Gasteiger partial charge in [0.15, 0.2) is 22.7 Å². The number of phenolic OH excluding ortho intramolecular Hbond substituents is 1. The van der Waals surface area contributed by atoms with Gasteiger partial charge in [-0.25, -0.2) is 10.2 Å². The molecule has 0 saturated heterocycles. The van der Waals surface area contributed by atoms with E-state index in [4.69, 9.17) is 4.74 Å². The number of benzene rings is 1. The lowest BCUT2D eigenvalue weighted by atomic mass is 10.2. The van der Waals surface area contributed by atoms with Gasteiger partial charge in [0.25, 0.3) is 5.56 Å². The molecule has 0 fully saturated rings. The highest BCUT2D eigenvalue weighted by molar-refractivity contribution is 14.1. The predicted octanol–water partition coefficient (Wildman–Crippen LogP) is 0.735. The lowest BCUT2D eigenvalue weighted by Gasteiger charge is -2.06. The number of anilines is 1. The number of ether oxygens (including phenoxy) is 1. The van der Waals surface area contributed by atoms with E-state index in [0.29, 0.717) is 20.8 Å². The fourth-order valence-electron chi connectivity index (χ4n) is 2.61. The van der Waals surface area contributed by atoms with Crippen LogP contribution in [0.5, 0.6) is 11.5 Å². The first-order valence-electron chi connectivity index (χ1n) is 7.74. The van der Waals surface area contributed by atoms with Crippen LogP contribution in [-0.4, -0.2) is 37.1 Å². The van der Waals surface area contributed by atoms with Gasteiger partial charge in [-0.3, -0.25) is 13.9 Å². The van der Waals surface area contributed by atoms with Crippen LogP contribution in [0.25, 0.3) is 11.2 Å². The molecule has 0 bridgehead atoms. The van der Waals surface area contributed by atoms with E-state index in [-0.39, 0.29) is 16.9 Å². The van der Waals surface area contributed by atoms with Gasteiger partial charge in [-0.1, -0.05) is 0 Å². The highest BCUT2D eigenvalue weighted by Crippen LogP contribution is 2.31. The number of nitrogens with one attached hydrogen (secondary N) is 1. The number of rotatable bonds is 4. The summed E-state index contributed by atoms with van der Waals surface area (Å²) in [5.41, 5.74) is 3.14. The van der Waals surface area contributed by atoms with Crippen LogP contribution in [0.15, 0.2) is 26.8 Å². The Morgan fingerprint density at radius 2 is 1.93 bits per heavy atom. The molecule has 11 heteroatoms. The quantitative estimate of drug-likeness (QED) is 0.321. The minimum Gasteiger partial charge on any atom is -0.504 e. The normalized spacial score (nSPS) is 11.4. The topological polar surface area (TPSA) is 116 Å². The summed E-state index contributed by atoms with van der Waals surface area (Å²) in [6.07, 6.45) is 1.53. The first kappa shape index (κ1) is 18.9. The second-order valence-corrected chi connectivity index (χ2v) is 6.96. The van der Waals surface area contributed by atoms with Crippen LogP contribution >= 0.6 is 22.6 Å². The second kappa shape index (κ2) is 7.06. The first-order valence-corrected chi connectivity index (χ1v) is 8.82. The van der Waals surface area contributed by atoms with Gasteiger partial charge in [-0.2, -0.15) is 10.1 Å². The average Bonchev–Trinajstić information content (AvgIpc) is 2.97. The standard InChI is InChI=1S/C16H17IN6O4/c1-21-11-13(22(2)16(26)23(3)14(11)25)19-15(21)20-18-7-8-5-9(17)12(24)10(6-8)27-4/h5-7,24H,1-4H3,(H,19,20)/b18-7-. The summed E-state index contributed by atoms with van der Waals surface area (Å²) in [5, 5.41) is 14.0. The summed E-state index contributed by atoms with van der Waals surface area (Å²) < 4.78 is 9.61. The highest BCUT2D eigenvalue weighted by Gasteiger charge is 2.16. The van der Waals surface area contributed by atoms with Gasteiger partial charge in [0.1, 0.15) is 0 Å². The maximum atomic E-state index is 12.4. The van der Waals surface area contributed by atoms with E-state index in [2.05, 4.69) is 15.5 Å². The number of aromatic nitrogens is 4. The number of halogens is 1. The summed E-state index contributed by atoms with van der Waals surface area (Å²) >= 11 is 1.99. The number of hydrogen-bond acceptors (Lipinski definition) is 7. The zero-order chi connectivity index (χ0) is 19.9. The molecule has 0 saturated carbocycles. The Bertz CT molecular complexity index is 1190. The summed E-state index contributed by atoms with van der Waals surface area (Å²) in [6, 6.07) is 3.37. The zero-order valence-electron chi connectivity index (χ0n) is 15.0. The smallest absolute Gasteiger partial charge is 0.332 e. The zero-order valence-corrected chi connectivity index (χ0v) is 17.2. The third-order valence-electron chi connectivity index (χ3n) is 4.12. The minimum atomic E-state index is -0.452. The van der Waals surface area contributed by atoms with E-state index < -0.39 is 11.2 Å². The van der Waals surface area contributed by atoms with Crippen molar-refractivity contribution in [3.05, 3.63) is 42.1 Å². The maximum Gasteiger partial charge on any atom is 0.332 e. The van der Waals surface area contributed by atoms with E-state index in [1.54, 1.807) is 26.2 Å². The molecule has 27 heavy (non-hydrogen) atoms. The SMILES string of the molecule is COc1cc(/C=N\Nc2nc3c(c(=O)n(C)c(=O)n3C)n2C)cc(I)c1O. The Labute approximate surface area is 166 Å². The predicted molar refractivity (Wildman–Crippen MR) is 110 cm³/mol. The molecule has 2 N–H and O–H groups in total. The van der Waals surface area contributed by atoms with Gasteiger partial charge in [0.2, 0.25) is 5.95 Å². The molecule has 1 aromatic carbocycles. The van der Waals surface area contributed by atoms with Crippen LogP contribution < -0.4 is 21.4 Å². The van der Waals surface area contributed by atoms with Gasteiger partial charge in [-0.05, 0) is 40.3 Å². The third-order valence-corrected chi connectivity index (χ3v) is 4.95. The van der Waals surface area contributed by atoms with Crippen LogP contribution in [0.2, 0.25) is 0 Å². The van der Waals surface area contributed by atoms with Crippen molar-refractivity contribution in [2.75, 3.05) is 12.5 Å². The molecule has 0 aliphatic carbocycles. The molecular weight excluding hydrogens is 467 g/mol. The molecule has 0 atom stereocenters. The molecule has 0 unspecified atom stereocenters.